The van der Waals surface area contributed by atoms with Gasteiger partial charge < -0.3 is 4.74 Å². The van der Waals surface area contributed by atoms with E-state index in [1.165, 1.54) is 6.21 Å². The lowest BCUT2D eigenvalue weighted by Crippen LogP contribution is -1.98. The second kappa shape index (κ2) is 7.22. The van der Waals surface area contributed by atoms with Crippen LogP contribution in [0.3, 0.4) is 0 Å². The van der Waals surface area contributed by atoms with E-state index >= 15 is 0 Å². The molecule has 0 unspecified atom stereocenters. The number of hydrogen-bond acceptors (Lipinski definition) is 3. The Balaban J connectivity index is 2.11. The van der Waals surface area contributed by atoms with Crippen molar-refractivity contribution in [3.8, 4) is 5.75 Å². The van der Waals surface area contributed by atoms with Crippen LogP contribution in [0.15, 0.2) is 57.8 Å². The van der Waals surface area contributed by atoms with Gasteiger partial charge in [-0.3, -0.25) is 0 Å². The fraction of sp³-hybridized carbons (Fsp3) is 0.235. The van der Waals surface area contributed by atoms with Gasteiger partial charge >= 0.3 is 0 Å². The number of benzene rings is 2. The van der Waals surface area contributed by atoms with Crippen molar-refractivity contribution in [2.75, 3.05) is 6.61 Å². The Bertz CT molecular complexity index is 732. The Morgan fingerprint density at radius 2 is 1.68 bits per heavy atom. The summed E-state index contributed by atoms with van der Waals surface area (Å²) < 4.78 is 33.4. The van der Waals surface area contributed by atoms with E-state index in [1.807, 2.05) is 13.8 Å². The summed E-state index contributed by atoms with van der Waals surface area (Å²) in [6.45, 7) is 4.61. The molecule has 0 saturated carbocycles. The molecule has 0 fully saturated rings. The van der Waals surface area contributed by atoms with Crippen molar-refractivity contribution in [3.05, 3.63) is 59.7 Å². The molecule has 0 bridgehead atoms. The average molecular weight is 317 g/mol. The normalized spacial score (nSPS) is 11.7. The van der Waals surface area contributed by atoms with Gasteiger partial charge in [-0.1, -0.05) is 24.6 Å². The first-order valence-corrected chi connectivity index (χ1v) is 8.55. The van der Waals surface area contributed by atoms with E-state index < -0.39 is 10.0 Å². The van der Waals surface area contributed by atoms with Crippen molar-refractivity contribution in [2.24, 2.45) is 4.40 Å². The van der Waals surface area contributed by atoms with E-state index in [9.17, 15) is 8.42 Å². The highest BCUT2D eigenvalue weighted by atomic mass is 32.2. The molecule has 0 aliphatic heterocycles. The maximum Gasteiger partial charge on any atom is 0.282 e. The standard InChI is InChI=1S/C17H19NO3S/c1-3-12-21-16-8-6-15(7-9-16)13-18-22(19,20)17-10-4-14(2)5-11-17/h4-11,13H,3,12H2,1-2H3/b18-13+. The summed E-state index contributed by atoms with van der Waals surface area (Å²) in [5, 5.41) is 0. The molecule has 0 amide bonds. The average Bonchev–Trinajstić information content (AvgIpc) is 2.52. The molecule has 22 heavy (non-hydrogen) atoms. The zero-order valence-electron chi connectivity index (χ0n) is 12.7. The lowest BCUT2D eigenvalue weighted by molar-refractivity contribution is 0.317. The van der Waals surface area contributed by atoms with Gasteiger partial charge in [0, 0.05) is 6.21 Å². The van der Waals surface area contributed by atoms with Crippen LogP contribution in [-0.2, 0) is 10.0 Å². The molecule has 0 heterocycles. The molecular weight excluding hydrogens is 298 g/mol. The first-order chi connectivity index (χ1) is 10.5. The Kier molecular flexibility index (Phi) is 5.33. The smallest absolute Gasteiger partial charge is 0.282 e. The predicted octanol–water partition coefficient (Wildman–Crippen LogP) is 3.59. The van der Waals surface area contributed by atoms with Crippen LogP contribution >= 0.6 is 0 Å². The van der Waals surface area contributed by atoms with Crippen molar-refractivity contribution < 1.29 is 13.2 Å². The van der Waals surface area contributed by atoms with Crippen LogP contribution in [0.1, 0.15) is 24.5 Å². The third-order valence-electron chi connectivity index (χ3n) is 3.01. The van der Waals surface area contributed by atoms with Gasteiger partial charge in [-0.05, 0) is 55.3 Å². The van der Waals surface area contributed by atoms with Crippen LogP contribution in [-0.4, -0.2) is 21.2 Å². The van der Waals surface area contributed by atoms with Crippen molar-refractivity contribution >= 4 is 16.2 Å². The highest BCUT2D eigenvalue weighted by Gasteiger charge is 2.10. The van der Waals surface area contributed by atoms with Crippen molar-refractivity contribution in [1.29, 1.82) is 0 Å². The highest BCUT2D eigenvalue weighted by Crippen LogP contribution is 2.14. The maximum absolute atomic E-state index is 12.1. The lowest BCUT2D eigenvalue weighted by Gasteiger charge is -2.04. The molecular formula is C17H19NO3S. The summed E-state index contributed by atoms with van der Waals surface area (Å²) in [5.74, 6) is 0.764. The van der Waals surface area contributed by atoms with E-state index in [4.69, 9.17) is 4.74 Å². The Hall–Kier alpha value is -2.14. The fourth-order valence-electron chi connectivity index (χ4n) is 1.77. The molecule has 0 radical (unpaired) electrons. The first-order valence-electron chi connectivity index (χ1n) is 7.11. The highest BCUT2D eigenvalue weighted by molar-refractivity contribution is 7.90. The molecule has 0 aliphatic carbocycles. The second-order valence-electron chi connectivity index (χ2n) is 4.94. The predicted molar refractivity (Wildman–Crippen MR) is 88.2 cm³/mol. The molecule has 0 saturated heterocycles. The van der Waals surface area contributed by atoms with E-state index in [2.05, 4.69) is 4.40 Å². The summed E-state index contributed by atoms with van der Waals surface area (Å²) in [6.07, 6.45) is 2.29. The third kappa shape index (κ3) is 4.43. The van der Waals surface area contributed by atoms with Gasteiger partial charge in [0.2, 0.25) is 0 Å². The van der Waals surface area contributed by atoms with Crippen LogP contribution in [0.4, 0.5) is 0 Å². The maximum atomic E-state index is 12.1. The van der Waals surface area contributed by atoms with E-state index in [1.54, 1.807) is 48.5 Å². The van der Waals surface area contributed by atoms with Crippen molar-refractivity contribution in [3.63, 3.8) is 0 Å². The minimum atomic E-state index is -3.66. The number of ether oxygens (including phenoxy) is 1. The minimum Gasteiger partial charge on any atom is -0.494 e. The van der Waals surface area contributed by atoms with Gasteiger partial charge in [-0.25, -0.2) is 0 Å². The van der Waals surface area contributed by atoms with Gasteiger partial charge in [0.05, 0.1) is 11.5 Å². The van der Waals surface area contributed by atoms with E-state index in [0.29, 0.717) is 12.2 Å². The summed E-state index contributed by atoms with van der Waals surface area (Å²) in [4.78, 5) is 0.192. The van der Waals surface area contributed by atoms with Crippen LogP contribution in [0.25, 0.3) is 0 Å². The summed E-state index contributed by atoms with van der Waals surface area (Å²) >= 11 is 0. The van der Waals surface area contributed by atoms with Gasteiger partial charge in [0.15, 0.2) is 0 Å². The van der Waals surface area contributed by atoms with Crippen molar-refractivity contribution in [2.45, 2.75) is 25.2 Å². The van der Waals surface area contributed by atoms with Crippen LogP contribution in [0, 0.1) is 6.92 Å². The van der Waals surface area contributed by atoms with Crippen LogP contribution < -0.4 is 4.74 Å². The number of hydrogen-bond donors (Lipinski definition) is 0. The monoisotopic (exact) mass is 317 g/mol. The zero-order chi connectivity index (χ0) is 16.0. The molecule has 0 atom stereocenters. The molecule has 116 valence electrons. The van der Waals surface area contributed by atoms with Gasteiger partial charge in [0.25, 0.3) is 10.0 Å². The fourth-order valence-corrected chi connectivity index (χ4v) is 2.63. The van der Waals surface area contributed by atoms with E-state index in [-0.39, 0.29) is 4.90 Å². The molecule has 0 aliphatic rings. The second-order valence-corrected chi connectivity index (χ2v) is 6.57. The third-order valence-corrected chi connectivity index (χ3v) is 4.26. The van der Waals surface area contributed by atoms with Gasteiger partial charge in [-0.15, -0.1) is 0 Å². The summed E-state index contributed by atoms with van der Waals surface area (Å²) in [7, 11) is -3.66. The Morgan fingerprint density at radius 3 is 2.27 bits per heavy atom. The molecule has 0 spiro atoms. The number of aryl methyl sites for hydroxylation is 1. The molecule has 2 aromatic rings. The molecule has 0 aromatic heterocycles. The quantitative estimate of drug-likeness (QED) is 0.765. The number of nitrogens with zero attached hydrogens (tertiary/aromatic N) is 1. The molecule has 0 N–H and O–H groups in total. The molecule has 2 aromatic carbocycles. The summed E-state index contributed by atoms with van der Waals surface area (Å²) in [5.41, 5.74) is 1.71. The topological polar surface area (TPSA) is 55.7 Å². The lowest BCUT2D eigenvalue weighted by atomic mass is 10.2. The molecule has 4 nitrogen and oxygen atoms in total. The van der Waals surface area contributed by atoms with Crippen LogP contribution in [0.5, 0.6) is 5.75 Å². The van der Waals surface area contributed by atoms with Crippen LogP contribution in [0.2, 0.25) is 0 Å². The Labute approximate surface area is 131 Å². The van der Waals surface area contributed by atoms with Crippen molar-refractivity contribution in [1.82, 2.24) is 0 Å². The minimum absolute atomic E-state index is 0.192. The molecule has 2 rings (SSSR count). The Morgan fingerprint density at radius 1 is 1.05 bits per heavy atom. The largest absolute Gasteiger partial charge is 0.494 e. The molecule has 5 heteroatoms. The van der Waals surface area contributed by atoms with Gasteiger partial charge in [0.1, 0.15) is 5.75 Å². The summed E-state index contributed by atoms with van der Waals surface area (Å²) in [6, 6.07) is 13.8. The van der Waals surface area contributed by atoms with E-state index in [0.717, 1.165) is 17.7 Å². The number of rotatable bonds is 6. The zero-order valence-corrected chi connectivity index (χ0v) is 13.5. The van der Waals surface area contributed by atoms with Gasteiger partial charge in [-0.2, -0.15) is 12.8 Å². The SMILES string of the molecule is CCCOc1ccc(/C=N/S(=O)(=O)c2ccc(C)cc2)cc1. The number of sulfonamides is 1. The first kappa shape index (κ1) is 16.2.